The molecule has 1 aliphatic heterocycles. The molecule has 20 heavy (non-hydrogen) atoms. The summed E-state index contributed by atoms with van der Waals surface area (Å²) in [4.78, 5) is 22.9. The quantitative estimate of drug-likeness (QED) is 0.609. The standard InChI is InChI=1S/C14H26N2O4/c1-11(3-4-12(17)18)9-16-13(19)14(10-20-2)5-7-15-8-6-14/h11,15H,3-10H2,1-2H3,(H,16,19)(H,17,18). The summed E-state index contributed by atoms with van der Waals surface area (Å²) >= 11 is 0. The van der Waals surface area contributed by atoms with Crippen molar-refractivity contribution in [2.24, 2.45) is 11.3 Å². The number of carbonyl (C=O) groups excluding carboxylic acids is 1. The van der Waals surface area contributed by atoms with Crippen LogP contribution in [0.1, 0.15) is 32.6 Å². The molecule has 0 aliphatic carbocycles. The Balaban J connectivity index is 2.44. The van der Waals surface area contributed by atoms with Crippen LogP contribution in [0.4, 0.5) is 0 Å². The number of hydrogen-bond donors (Lipinski definition) is 3. The lowest BCUT2D eigenvalue weighted by Gasteiger charge is -2.35. The summed E-state index contributed by atoms with van der Waals surface area (Å²) in [6.07, 6.45) is 2.27. The van der Waals surface area contributed by atoms with Crippen LogP contribution in [0.15, 0.2) is 0 Å². The van der Waals surface area contributed by atoms with Gasteiger partial charge in [-0.25, -0.2) is 0 Å². The number of carboxylic acid groups (broad SMARTS) is 1. The fraction of sp³-hybridized carbons (Fsp3) is 0.857. The minimum absolute atomic E-state index is 0.0306. The first-order valence-electron chi connectivity index (χ1n) is 7.20. The second-order valence-electron chi connectivity index (χ2n) is 5.71. The lowest BCUT2D eigenvalue weighted by Crippen LogP contribution is -2.50. The first-order chi connectivity index (χ1) is 9.50. The summed E-state index contributed by atoms with van der Waals surface area (Å²) in [5.74, 6) is -0.600. The minimum Gasteiger partial charge on any atom is -0.481 e. The molecule has 0 aromatic rings. The fourth-order valence-corrected chi connectivity index (χ4v) is 2.54. The summed E-state index contributed by atoms with van der Waals surface area (Å²) < 4.78 is 5.23. The van der Waals surface area contributed by atoms with Gasteiger partial charge in [0.1, 0.15) is 0 Å². The highest BCUT2D eigenvalue weighted by Gasteiger charge is 2.39. The molecule has 1 rings (SSSR count). The topological polar surface area (TPSA) is 87.7 Å². The van der Waals surface area contributed by atoms with Crippen molar-refractivity contribution in [1.29, 1.82) is 0 Å². The van der Waals surface area contributed by atoms with E-state index in [1.807, 2.05) is 6.92 Å². The molecule has 0 spiro atoms. The van der Waals surface area contributed by atoms with E-state index < -0.39 is 11.4 Å². The highest BCUT2D eigenvalue weighted by Crippen LogP contribution is 2.29. The van der Waals surface area contributed by atoms with Crippen molar-refractivity contribution in [3.05, 3.63) is 0 Å². The van der Waals surface area contributed by atoms with E-state index in [9.17, 15) is 9.59 Å². The molecule has 1 aliphatic rings. The molecule has 116 valence electrons. The molecule has 1 amide bonds. The van der Waals surface area contributed by atoms with Gasteiger partial charge in [0.25, 0.3) is 0 Å². The van der Waals surface area contributed by atoms with Crippen LogP contribution < -0.4 is 10.6 Å². The Hall–Kier alpha value is -1.14. The van der Waals surface area contributed by atoms with Crippen molar-refractivity contribution < 1.29 is 19.4 Å². The first kappa shape index (κ1) is 16.9. The summed E-state index contributed by atoms with van der Waals surface area (Å²) in [5.41, 5.74) is -0.438. The van der Waals surface area contributed by atoms with Gasteiger partial charge in [0, 0.05) is 20.1 Å². The Morgan fingerprint density at radius 3 is 2.60 bits per heavy atom. The molecular weight excluding hydrogens is 260 g/mol. The van der Waals surface area contributed by atoms with Gasteiger partial charge in [0.2, 0.25) is 5.91 Å². The zero-order valence-electron chi connectivity index (χ0n) is 12.4. The normalized spacial score (nSPS) is 19.3. The third-order valence-corrected chi connectivity index (χ3v) is 3.93. The number of amides is 1. The predicted octanol–water partition coefficient (Wildman–Crippen LogP) is 0.620. The van der Waals surface area contributed by atoms with Gasteiger partial charge < -0.3 is 20.5 Å². The zero-order chi connectivity index (χ0) is 15.0. The number of carbonyl (C=O) groups is 2. The van der Waals surface area contributed by atoms with E-state index in [4.69, 9.17) is 9.84 Å². The lowest BCUT2D eigenvalue weighted by molar-refractivity contribution is -0.137. The van der Waals surface area contributed by atoms with E-state index in [0.717, 1.165) is 25.9 Å². The second kappa shape index (κ2) is 8.21. The molecule has 0 bridgehead atoms. The van der Waals surface area contributed by atoms with Crippen molar-refractivity contribution in [3.63, 3.8) is 0 Å². The fourth-order valence-electron chi connectivity index (χ4n) is 2.54. The van der Waals surface area contributed by atoms with E-state index in [0.29, 0.717) is 19.6 Å². The van der Waals surface area contributed by atoms with Gasteiger partial charge in [-0.05, 0) is 38.3 Å². The number of rotatable bonds is 8. The Morgan fingerprint density at radius 1 is 1.40 bits per heavy atom. The Labute approximate surface area is 120 Å². The molecular formula is C14H26N2O4. The second-order valence-corrected chi connectivity index (χ2v) is 5.71. The van der Waals surface area contributed by atoms with Gasteiger partial charge in [-0.1, -0.05) is 6.92 Å². The van der Waals surface area contributed by atoms with Crippen LogP contribution in [0.3, 0.4) is 0 Å². The van der Waals surface area contributed by atoms with Gasteiger partial charge in [0.15, 0.2) is 0 Å². The molecule has 6 heteroatoms. The zero-order valence-corrected chi connectivity index (χ0v) is 12.4. The highest BCUT2D eigenvalue weighted by atomic mass is 16.5. The van der Waals surface area contributed by atoms with Crippen molar-refractivity contribution >= 4 is 11.9 Å². The van der Waals surface area contributed by atoms with E-state index in [2.05, 4.69) is 10.6 Å². The summed E-state index contributed by atoms with van der Waals surface area (Å²) in [5, 5.41) is 14.9. The van der Waals surface area contributed by atoms with Crippen LogP contribution in [0, 0.1) is 11.3 Å². The van der Waals surface area contributed by atoms with E-state index >= 15 is 0 Å². The maximum Gasteiger partial charge on any atom is 0.303 e. The van der Waals surface area contributed by atoms with Crippen molar-refractivity contribution in [2.45, 2.75) is 32.6 Å². The highest BCUT2D eigenvalue weighted by molar-refractivity contribution is 5.83. The largest absolute Gasteiger partial charge is 0.481 e. The molecule has 3 N–H and O–H groups in total. The Kier molecular flexibility index (Phi) is 6.95. The average molecular weight is 286 g/mol. The van der Waals surface area contributed by atoms with Crippen LogP contribution in [0.25, 0.3) is 0 Å². The first-order valence-corrected chi connectivity index (χ1v) is 7.20. The van der Waals surface area contributed by atoms with Gasteiger partial charge in [-0.2, -0.15) is 0 Å². The maximum atomic E-state index is 12.4. The molecule has 0 radical (unpaired) electrons. The van der Waals surface area contributed by atoms with Crippen molar-refractivity contribution in [2.75, 3.05) is 33.4 Å². The number of piperidine rings is 1. The number of hydrogen-bond acceptors (Lipinski definition) is 4. The molecule has 1 atom stereocenters. The Bertz CT molecular complexity index is 322. The number of ether oxygens (including phenoxy) is 1. The predicted molar refractivity (Wildman–Crippen MR) is 75.5 cm³/mol. The Morgan fingerprint density at radius 2 is 2.05 bits per heavy atom. The number of methoxy groups -OCH3 is 1. The van der Waals surface area contributed by atoms with E-state index in [1.165, 1.54) is 0 Å². The SMILES string of the molecule is COCC1(C(=O)NCC(C)CCC(=O)O)CCNCC1. The van der Waals surface area contributed by atoms with Crippen LogP contribution in [0.2, 0.25) is 0 Å². The molecule has 0 aromatic heterocycles. The maximum absolute atomic E-state index is 12.4. The average Bonchev–Trinajstić information content (AvgIpc) is 2.43. The molecule has 1 fully saturated rings. The summed E-state index contributed by atoms with van der Waals surface area (Å²) in [7, 11) is 1.62. The number of aliphatic carboxylic acids is 1. The molecule has 6 nitrogen and oxygen atoms in total. The van der Waals surface area contributed by atoms with Gasteiger partial charge >= 0.3 is 5.97 Å². The number of nitrogens with one attached hydrogen (secondary N) is 2. The third kappa shape index (κ3) is 5.09. The monoisotopic (exact) mass is 286 g/mol. The minimum atomic E-state index is -0.794. The molecule has 0 saturated carbocycles. The van der Waals surface area contributed by atoms with Crippen LogP contribution in [0.5, 0.6) is 0 Å². The van der Waals surface area contributed by atoms with Crippen molar-refractivity contribution in [3.8, 4) is 0 Å². The summed E-state index contributed by atoms with van der Waals surface area (Å²) in [6, 6.07) is 0. The molecule has 1 saturated heterocycles. The van der Waals surface area contributed by atoms with E-state index in [1.54, 1.807) is 7.11 Å². The number of carboxylic acids is 1. The van der Waals surface area contributed by atoms with Gasteiger partial charge in [-0.15, -0.1) is 0 Å². The van der Waals surface area contributed by atoms with Crippen LogP contribution in [-0.2, 0) is 14.3 Å². The van der Waals surface area contributed by atoms with Crippen LogP contribution >= 0.6 is 0 Å². The van der Waals surface area contributed by atoms with Crippen LogP contribution in [-0.4, -0.2) is 50.3 Å². The lowest BCUT2D eigenvalue weighted by atomic mass is 9.78. The van der Waals surface area contributed by atoms with E-state index in [-0.39, 0.29) is 18.2 Å². The molecule has 0 aromatic carbocycles. The smallest absolute Gasteiger partial charge is 0.303 e. The summed E-state index contributed by atoms with van der Waals surface area (Å²) in [6.45, 7) is 4.56. The molecule has 1 unspecified atom stereocenters. The third-order valence-electron chi connectivity index (χ3n) is 3.93. The van der Waals surface area contributed by atoms with Gasteiger partial charge in [-0.3, -0.25) is 9.59 Å². The van der Waals surface area contributed by atoms with Crippen molar-refractivity contribution in [1.82, 2.24) is 10.6 Å². The van der Waals surface area contributed by atoms with Gasteiger partial charge in [0.05, 0.1) is 12.0 Å². The molecule has 1 heterocycles.